The third kappa shape index (κ3) is 3.48. The van der Waals surface area contributed by atoms with Crippen molar-refractivity contribution in [2.45, 2.75) is 13.2 Å². The van der Waals surface area contributed by atoms with Gasteiger partial charge < -0.3 is 14.2 Å². The van der Waals surface area contributed by atoms with Crippen LogP contribution in [0.3, 0.4) is 0 Å². The van der Waals surface area contributed by atoms with Gasteiger partial charge in [-0.05, 0) is 13.0 Å². The number of rotatable bonds is 6. The van der Waals surface area contributed by atoms with Gasteiger partial charge in [-0.1, -0.05) is 12.1 Å². The maximum Gasteiger partial charge on any atom is 0.311 e. The van der Waals surface area contributed by atoms with E-state index < -0.39 is 11.2 Å². The summed E-state index contributed by atoms with van der Waals surface area (Å²) in [5.74, 6) is 0.177. The zero-order chi connectivity index (χ0) is 12.0. The molecule has 6 heteroatoms. The Hall–Kier alpha value is -1.66. The molecule has 0 amide bonds. The standard InChI is InChI=1S/C10H13NO5/c1-8(14-2)15-7-16-10-6-4-3-5-9(10)11(12)13/h3-6,8H,7H2,1-2H3. The van der Waals surface area contributed by atoms with Crippen molar-refractivity contribution >= 4 is 5.69 Å². The Morgan fingerprint density at radius 2 is 2.12 bits per heavy atom. The molecule has 0 N–H and O–H groups in total. The van der Waals surface area contributed by atoms with E-state index in [0.717, 1.165) is 0 Å². The van der Waals surface area contributed by atoms with Crippen LogP contribution in [0, 0.1) is 10.1 Å². The summed E-state index contributed by atoms with van der Waals surface area (Å²) >= 11 is 0. The lowest BCUT2D eigenvalue weighted by Gasteiger charge is -2.11. The minimum atomic E-state index is -0.505. The van der Waals surface area contributed by atoms with Gasteiger partial charge in [0.25, 0.3) is 0 Å². The van der Waals surface area contributed by atoms with Crippen molar-refractivity contribution in [3.8, 4) is 5.75 Å². The molecule has 0 heterocycles. The topological polar surface area (TPSA) is 70.8 Å². The fourth-order valence-corrected chi connectivity index (χ4v) is 0.991. The summed E-state index contributed by atoms with van der Waals surface area (Å²) in [5, 5.41) is 10.6. The summed E-state index contributed by atoms with van der Waals surface area (Å²) in [5.41, 5.74) is -0.0869. The second-order valence-corrected chi connectivity index (χ2v) is 2.96. The van der Waals surface area contributed by atoms with Crippen LogP contribution in [0.25, 0.3) is 0 Å². The van der Waals surface area contributed by atoms with Crippen LogP contribution in [-0.2, 0) is 9.47 Å². The fourth-order valence-electron chi connectivity index (χ4n) is 0.991. The predicted molar refractivity (Wildman–Crippen MR) is 56.1 cm³/mol. The second kappa shape index (κ2) is 6.04. The van der Waals surface area contributed by atoms with E-state index in [9.17, 15) is 10.1 Å². The van der Waals surface area contributed by atoms with E-state index in [2.05, 4.69) is 0 Å². The maximum absolute atomic E-state index is 10.6. The molecular formula is C10H13NO5. The Balaban J connectivity index is 2.56. The molecular weight excluding hydrogens is 214 g/mol. The van der Waals surface area contributed by atoms with Crippen LogP contribution in [0.15, 0.2) is 24.3 Å². The fraction of sp³-hybridized carbons (Fsp3) is 0.400. The van der Waals surface area contributed by atoms with Gasteiger partial charge in [0.1, 0.15) is 0 Å². The molecule has 0 aliphatic heterocycles. The summed E-state index contributed by atoms with van der Waals surface area (Å²) in [6.45, 7) is 1.60. The summed E-state index contributed by atoms with van der Waals surface area (Å²) < 4.78 is 15.0. The number of para-hydroxylation sites is 2. The first-order chi connectivity index (χ1) is 7.65. The Morgan fingerprint density at radius 1 is 1.44 bits per heavy atom. The molecule has 1 aromatic rings. The van der Waals surface area contributed by atoms with Crippen LogP contribution >= 0.6 is 0 Å². The van der Waals surface area contributed by atoms with Crippen molar-refractivity contribution in [3.63, 3.8) is 0 Å². The molecule has 0 saturated heterocycles. The number of hydrogen-bond donors (Lipinski definition) is 0. The van der Waals surface area contributed by atoms with Crippen LogP contribution in [-0.4, -0.2) is 25.1 Å². The number of nitrogens with zero attached hydrogens (tertiary/aromatic N) is 1. The first kappa shape index (κ1) is 12.4. The molecule has 0 saturated carbocycles. The summed E-state index contributed by atoms with van der Waals surface area (Å²) in [4.78, 5) is 10.1. The first-order valence-corrected chi connectivity index (χ1v) is 4.65. The van der Waals surface area contributed by atoms with E-state index in [-0.39, 0.29) is 18.2 Å². The predicted octanol–water partition coefficient (Wildman–Crippen LogP) is 1.94. The molecule has 0 fully saturated rings. The van der Waals surface area contributed by atoms with Gasteiger partial charge in [-0.2, -0.15) is 0 Å². The van der Waals surface area contributed by atoms with Gasteiger partial charge in [-0.15, -0.1) is 0 Å². The van der Waals surface area contributed by atoms with E-state index in [1.54, 1.807) is 19.1 Å². The summed E-state index contributed by atoms with van der Waals surface area (Å²) in [6.07, 6.45) is -0.414. The van der Waals surface area contributed by atoms with Gasteiger partial charge in [0, 0.05) is 13.2 Å². The number of benzene rings is 1. The van der Waals surface area contributed by atoms with Crippen molar-refractivity contribution in [1.82, 2.24) is 0 Å². The third-order valence-electron chi connectivity index (χ3n) is 1.91. The molecule has 0 aliphatic carbocycles. The quantitative estimate of drug-likeness (QED) is 0.422. The normalized spacial score (nSPS) is 12.1. The van der Waals surface area contributed by atoms with E-state index >= 15 is 0 Å². The highest BCUT2D eigenvalue weighted by atomic mass is 16.7. The number of hydrogen-bond acceptors (Lipinski definition) is 5. The van der Waals surface area contributed by atoms with Crippen LogP contribution in [0.4, 0.5) is 5.69 Å². The monoisotopic (exact) mass is 227 g/mol. The lowest BCUT2D eigenvalue weighted by Crippen LogP contribution is -2.14. The van der Waals surface area contributed by atoms with Crippen LogP contribution in [0.2, 0.25) is 0 Å². The maximum atomic E-state index is 10.6. The third-order valence-corrected chi connectivity index (χ3v) is 1.91. The van der Waals surface area contributed by atoms with Crippen molar-refractivity contribution in [3.05, 3.63) is 34.4 Å². The van der Waals surface area contributed by atoms with Gasteiger partial charge in [0.2, 0.25) is 0 Å². The molecule has 1 rings (SSSR count). The largest absolute Gasteiger partial charge is 0.460 e. The number of methoxy groups -OCH3 is 1. The number of nitro benzene ring substituents is 1. The highest BCUT2D eigenvalue weighted by molar-refractivity contribution is 5.45. The molecule has 0 radical (unpaired) electrons. The number of ether oxygens (including phenoxy) is 3. The van der Waals surface area contributed by atoms with Gasteiger partial charge in [0.05, 0.1) is 4.92 Å². The lowest BCUT2D eigenvalue weighted by atomic mass is 10.3. The molecule has 0 bridgehead atoms. The van der Waals surface area contributed by atoms with E-state index in [4.69, 9.17) is 14.2 Å². The molecule has 1 atom stereocenters. The Morgan fingerprint density at radius 3 is 2.75 bits per heavy atom. The molecule has 0 aromatic heterocycles. The SMILES string of the molecule is COC(C)OCOc1ccccc1[N+](=O)[O-]. The highest BCUT2D eigenvalue weighted by Crippen LogP contribution is 2.25. The van der Waals surface area contributed by atoms with Crippen LogP contribution < -0.4 is 4.74 Å². The molecule has 1 aromatic carbocycles. The molecule has 0 aliphatic rings. The highest BCUT2D eigenvalue weighted by Gasteiger charge is 2.13. The molecule has 16 heavy (non-hydrogen) atoms. The van der Waals surface area contributed by atoms with Crippen molar-refractivity contribution in [2.24, 2.45) is 0 Å². The zero-order valence-electron chi connectivity index (χ0n) is 9.08. The minimum absolute atomic E-state index is 0.0869. The summed E-state index contributed by atoms with van der Waals surface area (Å²) in [6, 6.07) is 6.11. The Bertz CT molecular complexity index is 355. The van der Waals surface area contributed by atoms with Crippen molar-refractivity contribution in [1.29, 1.82) is 0 Å². The molecule has 6 nitrogen and oxygen atoms in total. The van der Waals surface area contributed by atoms with Gasteiger partial charge >= 0.3 is 5.69 Å². The van der Waals surface area contributed by atoms with E-state index in [1.165, 1.54) is 19.2 Å². The second-order valence-electron chi connectivity index (χ2n) is 2.96. The average molecular weight is 227 g/mol. The van der Waals surface area contributed by atoms with Crippen molar-refractivity contribution < 1.29 is 19.1 Å². The molecule has 1 unspecified atom stereocenters. The lowest BCUT2D eigenvalue weighted by molar-refractivity contribution is -0.386. The average Bonchev–Trinajstić information content (AvgIpc) is 2.29. The van der Waals surface area contributed by atoms with E-state index in [1.807, 2.05) is 0 Å². The number of nitro groups is 1. The van der Waals surface area contributed by atoms with Gasteiger partial charge in [-0.3, -0.25) is 10.1 Å². The van der Waals surface area contributed by atoms with E-state index in [0.29, 0.717) is 0 Å². The smallest absolute Gasteiger partial charge is 0.311 e. The molecule has 88 valence electrons. The Kier molecular flexibility index (Phi) is 4.68. The zero-order valence-corrected chi connectivity index (χ0v) is 9.08. The van der Waals surface area contributed by atoms with Gasteiger partial charge in [0.15, 0.2) is 18.8 Å². The van der Waals surface area contributed by atoms with Crippen LogP contribution in [0.1, 0.15) is 6.92 Å². The molecule has 0 spiro atoms. The Labute approximate surface area is 92.9 Å². The van der Waals surface area contributed by atoms with Gasteiger partial charge in [-0.25, -0.2) is 0 Å². The first-order valence-electron chi connectivity index (χ1n) is 4.65. The minimum Gasteiger partial charge on any atom is -0.460 e. The summed E-state index contributed by atoms with van der Waals surface area (Å²) in [7, 11) is 1.50. The van der Waals surface area contributed by atoms with Crippen LogP contribution in [0.5, 0.6) is 5.75 Å². The van der Waals surface area contributed by atoms with Crippen molar-refractivity contribution in [2.75, 3.05) is 13.9 Å².